The largest absolute Gasteiger partial charge is 0.392 e. The van der Waals surface area contributed by atoms with Crippen LogP contribution in [0.2, 0.25) is 0 Å². The lowest BCUT2D eigenvalue weighted by Crippen LogP contribution is -2.17. The molecule has 3 N–H and O–H groups in total. The fourth-order valence-electron chi connectivity index (χ4n) is 0.919. The van der Waals surface area contributed by atoms with Gasteiger partial charge in [-0.25, -0.2) is 0 Å². The van der Waals surface area contributed by atoms with Crippen molar-refractivity contribution in [1.82, 2.24) is 0 Å². The van der Waals surface area contributed by atoms with Crippen LogP contribution in [0, 0.1) is 0 Å². The zero-order valence-corrected chi connectivity index (χ0v) is 8.55. The van der Waals surface area contributed by atoms with Crippen LogP contribution in [0.3, 0.4) is 0 Å². The van der Waals surface area contributed by atoms with Crippen LogP contribution in [0.4, 0.5) is 0 Å². The first-order valence-corrected chi connectivity index (χ1v) is 5.29. The number of aliphatic hydroxyl groups is 1. The van der Waals surface area contributed by atoms with Crippen LogP contribution >= 0.6 is 11.8 Å². The van der Waals surface area contributed by atoms with Crippen molar-refractivity contribution in [1.29, 1.82) is 0 Å². The molecule has 0 radical (unpaired) electrons. The van der Waals surface area contributed by atoms with E-state index >= 15 is 0 Å². The van der Waals surface area contributed by atoms with E-state index in [2.05, 4.69) is 0 Å². The Hall–Kier alpha value is -0.510. The number of rotatable bonds is 4. The average Bonchev–Trinajstić information content (AvgIpc) is 2.15. The minimum atomic E-state index is 0.109. The summed E-state index contributed by atoms with van der Waals surface area (Å²) in [6.07, 6.45) is 0. The molecule has 0 amide bonds. The highest BCUT2D eigenvalue weighted by atomic mass is 32.2. The van der Waals surface area contributed by atoms with E-state index in [1.807, 2.05) is 31.2 Å². The second-order valence-electron chi connectivity index (χ2n) is 3.09. The number of nitrogens with two attached hydrogens (primary N) is 1. The molecule has 0 heterocycles. The smallest absolute Gasteiger partial charge is 0.0681 e. The van der Waals surface area contributed by atoms with Crippen molar-refractivity contribution in [2.45, 2.75) is 24.5 Å². The first kappa shape index (κ1) is 10.6. The van der Waals surface area contributed by atoms with Crippen LogP contribution < -0.4 is 5.73 Å². The lowest BCUT2D eigenvalue weighted by atomic mass is 10.2. The van der Waals surface area contributed by atoms with Gasteiger partial charge in [0.05, 0.1) is 6.61 Å². The van der Waals surface area contributed by atoms with Gasteiger partial charge in [-0.3, -0.25) is 0 Å². The molecule has 0 bridgehead atoms. The fourth-order valence-corrected chi connectivity index (χ4v) is 1.70. The van der Waals surface area contributed by atoms with E-state index in [0.29, 0.717) is 0 Å². The molecule has 2 nitrogen and oxygen atoms in total. The van der Waals surface area contributed by atoms with Crippen LogP contribution in [-0.2, 0) is 6.61 Å². The number of thioether (sulfide) groups is 1. The van der Waals surface area contributed by atoms with Crippen molar-refractivity contribution in [3.8, 4) is 0 Å². The van der Waals surface area contributed by atoms with Gasteiger partial charge in [-0.15, -0.1) is 11.8 Å². The highest BCUT2D eigenvalue weighted by Gasteiger charge is 1.97. The second-order valence-corrected chi connectivity index (χ2v) is 4.18. The molecule has 0 aromatic heterocycles. The summed E-state index contributed by atoms with van der Waals surface area (Å²) in [5.74, 6) is 0.929. The fraction of sp³-hybridized carbons (Fsp3) is 0.400. The number of hydrogen-bond acceptors (Lipinski definition) is 3. The van der Waals surface area contributed by atoms with Crippen LogP contribution in [0.25, 0.3) is 0 Å². The Bertz CT molecular complexity index is 246. The number of aliphatic hydroxyl groups excluding tert-OH is 1. The molecule has 1 unspecified atom stereocenters. The van der Waals surface area contributed by atoms with Gasteiger partial charge in [0.1, 0.15) is 0 Å². The summed E-state index contributed by atoms with van der Waals surface area (Å²) >= 11 is 1.74. The lowest BCUT2D eigenvalue weighted by molar-refractivity contribution is 0.282. The summed E-state index contributed by atoms with van der Waals surface area (Å²) in [4.78, 5) is 1.20. The van der Waals surface area contributed by atoms with Gasteiger partial charge in [0.2, 0.25) is 0 Å². The standard InChI is InChI=1S/C10H15NOS/c1-8(11)7-13-10-4-2-9(6-12)3-5-10/h2-5,8,12H,6-7,11H2,1H3. The number of benzene rings is 1. The van der Waals surface area contributed by atoms with E-state index in [0.717, 1.165) is 11.3 Å². The predicted octanol–water partition coefficient (Wildman–Crippen LogP) is 1.62. The third-order valence-electron chi connectivity index (χ3n) is 1.62. The molecule has 0 spiro atoms. The summed E-state index contributed by atoms with van der Waals surface area (Å²) < 4.78 is 0. The average molecular weight is 197 g/mol. The highest BCUT2D eigenvalue weighted by molar-refractivity contribution is 7.99. The normalized spacial score (nSPS) is 12.8. The Labute approximate surface area is 83.1 Å². The van der Waals surface area contributed by atoms with Crippen LogP contribution in [0.15, 0.2) is 29.2 Å². The third-order valence-corrected chi connectivity index (χ3v) is 2.92. The van der Waals surface area contributed by atoms with Gasteiger partial charge >= 0.3 is 0 Å². The van der Waals surface area contributed by atoms with Crippen molar-refractivity contribution in [2.75, 3.05) is 5.75 Å². The maximum absolute atomic E-state index is 8.82. The van der Waals surface area contributed by atoms with Crippen molar-refractivity contribution < 1.29 is 5.11 Å². The van der Waals surface area contributed by atoms with E-state index < -0.39 is 0 Å². The van der Waals surface area contributed by atoms with Gasteiger partial charge in [0.15, 0.2) is 0 Å². The molecule has 0 saturated heterocycles. The quantitative estimate of drug-likeness (QED) is 0.721. The Kier molecular flexibility index (Phi) is 4.28. The van der Waals surface area contributed by atoms with Crippen LogP contribution in [0.5, 0.6) is 0 Å². The lowest BCUT2D eigenvalue weighted by Gasteiger charge is -2.04. The molecule has 1 atom stereocenters. The van der Waals surface area contributed by atoms with E-state index in [4.69, 9.17) is 10.8 Å². The van der Waals surface area contributed by atoms with Gasteiger partial charge in [0, 0.05) is 16.7 Å². The Balaban J connectivity index is 2.49. The third kappa shape index (κ3) is 3.81. The van der Waals surface area contributed by atoms with E-state index in [-0.39, 0.29) is 12.6 Å². The zero-order chi connectivity index (χ0) is 9.68. The van der Waals surface area contributed by atoms with Crippen molar-refractivity contribution in [2.24, 2.45) is 5.73 Å². The zero-order valence-electron chi connectivity index (χ0n) is 7.73. The Morgan fingerprint density at radius 2 is 2.00 bits per heavy atom. The first-order valence-electron chi connectivity index (χ1n) is 4.30. The molecule has 0 fully saturated rings. The molecule has 0 aliphatic carbocycles. The van der Waals surface area contributed by atoms with Crippen molar-refractivity contribution in [3.05, 3.63) is 29.8 Å². The van der Waals surface area contributed by atoms with Crippen molar-refractivity contribution >= 4 is 11.8 Å². The molecule has 0 aliphatic rings. The first-order chi connectivity index (χ1) is 6.22. The van der Waals surface area contributed by atoms with E-state index in [9.17, 15) is 0 Å². The Morgan fingerprint density at radius 1 is 1.38 bits per heavy atom. The van der Waals surface area contributed by atoms with Gasteiger partial charge in [-0.1, -0.05) is 12.1 Å². The molecule has 1 aromatic carbocycles. The molecule has 72 valence electrons. The minimum Gasteiger partial charge on any atom is -0.392 e. The maximum atomic E-state index is 8.82. The van der Waals surface area contributed by atoms with Gasteiger partial charge in [-0.05, 0) is 24.6 Å². The molecule has 1 aromatic rings. The molecular weight excluding hydrogens is 182 g/mol. The highest BCUT2D eigenvalue weighted by Crippen LogP contribution is 2.18. The van der Waals surface area contributed by atoms with Crippen LogP contribution in [-0.4, -0.2) is 16.9 Å². The summed E-state index contributed by atoms with van der Waals surface area (Å²) in [5.41, 5.74) is 6.58. The topological polar surface area (TPSA) is 46.2 Å². The minimum absolute atomic E-state index is 0.109. The molecule has 13 heavy (non-hydrogen) atoms. The van der Waals surface area contributed by atoms with Crippen molar-refractivity contribution in [3.63, 3.8) is 0 Å². The molecule has 0 saturated carbocycles. The molecule has 3 heteroatoms. The second kappa shape index (κ2) is 5.27. The predicted molar refractivity (Wildman–Crippen MR) is 56.7 cm³/mol. The number of hydrogen-bond donors (Lipinski definition) is 2. The summed E-state index contributed by atoms with van der Waals surface area (Å²) in [6, 6.07) is 8.12. The Morgan fingerprint density at radius 3 is 2.46 bits per heavy atom. The van der Waals surface area contributed by atoms with Gasteiger partial charge in [-0.2, -0.15) is 0 Å². The van der Waals surface area contributed by atoms with Crippen LogP contribution in [0.1, 0.15) is 12.5 Å². The van der Waals surface area contributed by atoms with Gasteiger partial charge in [0.25, 0.3) is 0 Å². The van der Waals surface area contributed by atoms with Gasteiger partial charge < -0.3 is 10.8 Å². The SMILES string of the molecule is CC(N)CSc1ccc(CO)cc1. The summed E-state index contributed by atoms with van der Waals surface area (Å²) in [5, 5.41) is 8.82. The van der Waals surface area contributed by atoms with E-state index in [1.54, 1.807) is 11.8 Å². The summed E-state index contributed by atoms with van der Waals surface area (Å²) in [6.45, 7) is 2.10. The molecule has 1 rings (SSSR count). The van der Waals surface area contributed by atoms with E-state index in [1.165, 1.54) is 4.90 Å². The molecular formula is C10H15NOS. The maximum Gasteiger partial charge on any atom is 0.0681 e. The monoisotopic (exact) mass is 197 g/mol. The summed E-state index contributed by atoms with van der Waals surface area (Å²) in [7, 11) is 0. The molecule has 0 aliphatic heterocycles.